The molecule has 6 heteroatoms. The van der Waals surface area contributed by atoms with Crippen LogP contribution in [0.15, 0.2) is 78.0 Å². The van der Waals surface area contributed by atoms with Crippen molar-refractivity contribution in [2.24, 2.45) is 0 Å². The highest BCUT2D eigenvalue weighted by Gasteiger charge is 2.20. The predicted molar refractivity (Wildman–Crippen MR) is 119 cm³/mol. The second kappa shape index (κ2) is 8.72. The van der Waals surface area contributed by atoms with Crippen molar-refractivity contribution in [3.8, 4) is 22.8 Å². The molecule has 4 rings (SSSR count). The molecule has 3 aromatic carbocycles. The summed E-state index contributed by atoms with van der Waals surface area (Å²) in [5, 5.41) is 10.4. The smallest absolute Gasteiger partial charge is 0.196 e. The summed E-state index contributed by atoms with van der Waals surface area (Å²) in [6.45, 7) is 2.09. The van der Waals surface area contributed by atoms with E-state index in [1.54, 1.807) is 18.9 Å². The minimum Gasteiger partial charge on any atom is -0.495 e. The number of aromatic nitrogens is 3. The molecule has 4 aromatic rings. The van der Waals surface area contributed by atoms with Gasteiger partial charge in [-0.2, -0.15) is 0 Å². The summed E-state index contributed by atoms with van der Waals surface area (Å²) in [5.41, 5.74) is 4.18. The molecule has 0 aliphatic heterocycles. The maximum Gasteiger partial charge on any atom is 0.196 e. The number of benzene rings is 3. The van der Waals surface area contributed by atoms with Crippen LogP contribution in [0.1, 0.15) is 11.1 Å². The lowest BCUT2D eigenvalue weighted by Crippen LogP contribution is -2.02. The van der Waals surface area contributed by atoms with Gasteiger partial charge in [0.05, 0.1) is 17.8 Å². The molecule has 0 saturated carbocycles. The van der Waals surface area contributed by atoms with Crippen molar-refractivity contribution in [2.75, 3.05) is 7.11 Å². The molecule has 0 atom stereocenters. The number of nitrogens with zero attached hydrogens (tertiary/aromatic N) is 3. The Hall–Kier alpha value is -2.76. The average molecular weight is 422 g/mol. The first-order valence-electron chi connectivity index (χ1n) is 9.19. The Morgan fingerprint density at radius 3 is 2.41 bits per heavy atom. The topological polar surface area (TPSA) is 39.9 Å². The molecule has 0 spiro atoms. The van der Waals surface area contributed by atoms with E-state index in [9.17, 15) is 0 Å². The second-order valence-corrected chi connectivity index (χ2v) is 7.92. The van der Waals surface area contributed by atoms with E-state index in [2.05, 4.69) is 41.4 Å². The predicted octanol–water partition coefficient (Wildman–Crippen LogP) is 6.20. The number of aryl methyl sites for hydroxylation is 1. The summed E-state index contributed by atoms with van der Waals surface area (Å²) in [4.78, 5) is 0. The molecule has 0 N–H and O–H groups in total. The van der Waals surface area contributed by atoms with Gasteiger partial charge in [-0.1, -0.05) is 77.5 Å². The molecule has 0 bridgehead atoms. The van der Waals surface area contributed by atoms with E-state index in [0.29, 0.717) is 10.8 Å². The van der Waals surface area contributed by atoms with Crippen molar-refractivity contribution < 1.29 is 4.74 Å². The van der Waals surface area contributed by atoms with E-state index in [0.717, 1.165) is 27.9 Å². The zero-order valence-corrected chi connectivity index (χ0v) is 17.7. The van der Waals surface area contributed by atoms with Crippen molar-refractivity contribution in [1.82, 2.24) is 14.8 Å². The molecular weight excluding hydrogens is 402 g/mol. The highest BCUT2D eigenvalue weighted by Crippen LogP contribution is 2.35. The monoisotopic (exact) mass is 421 g/mol. The van der Waals surface area contributed by atoms with E-state index in [1.165, 1.54) is 11.1 Å². The van der Waals surface area contributed by atoms with Gasteiger partial charge in [-0.25, -0.2) is 0 Å². The molecule has 146 valence electrons. The first-order valence-corrected chi connectivity index (χ1v) is 10.6. The number of thioether (sulfide) groups is 1. The van der Waals surface area contributed by atoms with Gasteiger partial charge in [0.2, 0.25) is 0 Å². The molecule has 0 amide bonds. The van der Waals surface area contributed by atoms with Crippen LogP contribution in [-0.4, -0.2) is 21.9 Å². The van der Waals surface area contributed by atoms with E-state index < -0.39 is 0 Å². The highest BCUT2D eigenvalue weighted by atomic mass is 35.5. The molecule has 0 saturated heterocycles. The zero-order chi connectivity index (χ0) is 20.2. The summed E-state index contributed by atoms with van der Waals surface area (Å²) < 4.78 is 7.62. The summed E-state index contributed by atoms with van der Waals surface area (Å²) in [5.74, 6) is 2.22. The van der Waals surface area contributed by atoms with Gasteiger partial charge in [-0.15, -0.1) is 10.2 Å². The molecule has 0 aliphatic carbocycles. The highest BCUT2D eigenvalue weighted by molar-refractivity contribution is 7.98. The van der Waals surface area contributed by atoms with Crippen LogP contribution < -0.4 is 4.74 Å². The number of para-hydroxylation sites is 2. The summed E-state index contributed by atoms with van der Waals surface area (Å²) in [7, 11) is 1.66. The Kier molecular flexibility index (Phi) is 5.88. The van der Waals surface area contributed by atoms with E-state index >= 15 is 0 Å². The van der Waals surface area contributed by atoms with Crippen LogP contribution in [0.3, 0.4) is 0 Å². The lowest BCUT2D eigenvalue weighted by molar-refractivity contribution is 0.412. The minimum absolute atomic E-state index is 0.631. The van der Waals surface area contributed by atoms with Crippen molar-refractivity contribution >= 4 is 23.4 Å². The van der Waals surface area contributed by atoms with Crippen LogP contribution >= 0.6 is 23.4 Å². The molecule has 0 unspecified atom stereocenters. The number of methoxy groups -OCH3 is 1. The molecule has 29 heavy (non-hydrogen) atoms. The molecule has 0 aliphatic rings. The van der Waals surface area contributed by atoms with Crippen LogP contribution in [0.2, 0.25) is 5.02 Å². The lowest BCUT2D eigenvalue weighted by atomic mass is 10.2. The van der Waals surface area contributed by atoms with Gasteiger partial charge in [0.15, 0.2) is 11.0 Å². The van der Waals surface area contributed by atoms with Crippen LogP contribution in [0.4, 0.5) is 0 Å². The quantitative estimate of drug-likeness (QED) is 0.347. The molecule has 1 heterocycles. The molecule has 0 radical (unpaired) electrons. The molecule has 0 fully saturated rings. The SMILES string of the molecule is COc1ccccc1-n1c(SCc2ccc(C)cc2)nnc1-c1ccccc1Cl. The number of rotatable bonds is 6. The molecule has 4 nitrogen and oxygen atoms in total. The van der Waals surface area contributed by atoms with Crippen molar-refractivity contribution in [1.29, 1.82) is 0 Å². The van der Waals surface area contributed by atoms with Crippen molar-refractivity contribution in [2.45, 2.75) is 17.8 Å². The normalized spacial score (nSPS) is 10.9. The van der Waals surface area contributed by atoms with Gasteiger partial charge in [0, 0.05) is 11.3 Å². The number of hydrogen-bond acceptors (Lipinski definition) is 4. The molecule has 1 aromatic heterocycles. The Labute approximate surface area is 179 Å². The van der Waals surface area contributed by atoms with Gasteiger partial charge in [0.25, 0.3) is 0 Å². The Morgan fingerprint density at radius 1 is 0.931 bits per heavy atom. The fraction of sp³-hybridized carbons (Fsp3) is 0.130. The summed E-state index contributed by atoms with van der Waals surface area (Å²) in [6.07, 6.45) is 0. The standard InChI is InChI=1S/C23H20ClN3OS/c1-16-11-13-17(14-12-16)15-29-23-26-25-22(18-7-3-4-8-19(18)24)27(23)20-9-5-6-10-21(20)28-2/h3-14H,15H2,1-2H3. The van der Waals surface area contributed by atoms with E-state index in [1.807, 2.05) is 53.1 Å². The maximum absolute atomic E-state index is 6.47. The third-order valence-electron chi connectivity index (χ3n) is 4.56. The fourth-order valence-electron chi connectivity index (χ4n) is 3.04. The maximum atomic E-state index is 6.47. The fourth-order valence-corrected chi connectivity index (χ4v) is 4.17. The summed E-state index contributed by atoms with van der Waals surface area (Å²) in [6, 6.07) is 24.0. The van der Waals surface area contributed by atoms with Gasteiger partial charge in [-0.3, -0.25) is 4.57 Å². The lowest BCUT2D eigenvalue weighted by Gasteiger charge is -2.14. The van der Waals surface area contributed by atoms with Crippen molar-refractivity contribution in [3.63, 3.8) is 0 Å². The second-order valence-electron chi connectivity index (χ2n) is 6.57. The first kappa shape index (κ1) is 19.6. The van der Waals surface area contributed by atoms with Gasteiger partial charge in [0.1, 0.15) is 5.75 Å². The zero-order valence-electron chi connectivity index (χ0n) is 16.2. The van der Waals surface area contributed by atoms with Gasteiger partial charge < -0.3 is 4.74 Å². The van der Waals surface area contributed by atoms with E-state index in [-0.39, 0.29) is 0 Å². The van der Waals surface area contributed by atoms with Crippen molar-refractivity contribution in [3.05, 3.63) is 88.9 Å². The Bertz CT molecular complexity index is 1130. The van der Waals surface area contributed by atoms with E-state index in [4.69, 9.17) is 16.3 Å². The van der Waals surface area contributed by atoms with Crippen LogP contribution in [0.5, 0.6) is 5.75 Å². The largest absolute Gasteiger partial charge is 0.495 e. The van der Waals surface area contributed by atoms with Crippen LogP contribution in [0, 0.1) is 6.92 Å². The average Bonchev–Trinajstić information content (AvgIpc) is 3.17. The molecular formula is C23H20ClN3OS. The number of ether oxygens (including phenoxy) is 1. The number of hydrogen-bond donors (Lipinski definition) is 0. The van der Waals surface area contributed by atoms with Crippen LogP contribution in [-0.2, 0) is 5.75 Å². The van der Waals surface area contributed by atoms with Gasteiger partial charge in [-0.05, 0) is 36.8 Å². The third kappa shape index (κ3) is 4.16. The van der Waals surface area contributed by atoms with Crippen LogP contribution in [0.25, 0.3) is 17.1 Å². The Morgan fingerprint density at radius 2 is 1.66 bits per heavy atom. The third-order valence-corrected chi connectivity index (χ3v) is 5.89. The van der Waals surface area contributed by atoms with Gasteiger partial charge >= 0.3 is 0 Å². The first-order chi connectivity index (χ1) is 14.2. The summed E-state index contributed by atoms with van der Waals surface area (Å²) >= 11 is 8.10. The number of halogens is 1. The Balaban J connectivity index is 1.79. The minimum atomic E-state index is 0.631.